The Balaban J connectivity index is 1.65. The molecule has 1 amide bonds. The van der Waals surface area contributed by atoms with Gasteiger partial charge in [0.1, 0.15) is 5.83 Å². The smallest absolute Gasteiger partial charge is 0.234 e. The lowest BCUT2D eigenvalue weighted by atomic mass is 10.0. The molecule has 0 unspecified atom stereocenters. The molecule has 1 aliphatic carbocycles. The van der Waals surface area contributed by atoms with Crippen molar-refractivity contribution in [3.05, 3.63) is 41.8 Å². The molecule has 6 heteroatoms. The maximum atomic E-state index is 13.0. The lowest BCUT2D eigenvalue weighted by Crippen LogP contribution is -2.47. The van der Waals surface area contributed by atoms with Gasteiger partial charge in [0.15, 0.2) is 0 Å². The standard InChI is InChI=1S/C15H19FN4O/c16-13-3-1-12(2-4-13)8-20-11-17-7-14(20)9-19-6-5-18-15(21)10-19/h1,3,7,11H,2,4-6,8-10H2,(H,18,21). The second kappa shape index (κ2) is 6.22. The number of hydrogen-bond acceptors (Lipinski definition) is 3. The summed E-state index contributed by atoms with van der Waals surface area (Å²) in [5.74, 6) is 0.0202. The zero-order valence-corrected chi connectivity index (χ0v) is 11.9. The maximum absolute atomic E-state index is 13.0. The molecule has 2 heterocycles. The fourth-order valence-electron chi connectivity index (χ4n) is 2.68. The number of nitrogens with one attached hydrogen (secondary N) is 1. The summed E-state index contributed by atoms with van der Waals surface area (Å²) in [4.78, 5) is 17.7. The molecule has 1 N–H and O–H groups in total. The van der Waals surface area contributed by atoms with Gasteiger partial charge in [0.25, 0.3) is 0 Å². The average molecular weight is 290 g/mol. The Kier molecular flexibility index (Phi) is 4.15. The van der Waals surface area contributed by atoms with Gasteiger partial charge in [-0.05, 0) is 12.5 Å². The zero-order chi connectivity index (χ0) is 14.7. The predicted molar refractivity (Wildman–Crippen MR) is 77.0 cm³/mol. The highest BCUT2D eigenvalue weighted by Crippen LogP contribution is 2.21. The SMILES string of the molecule is O=C1CN(Cc2cncn2CC2=CC=C(F)CC2)CCN1. The molecular weight excluding hydrogens is 271 g/mol. The Hall–Kier alpha value is -1.95. The Morgan fingerprint density at radius 2 is 2.19 bits per heavy atom. The van der Waals surface area contributed by atoms with E-state index >= 15 is 0 Å². The first-order valence-electron chi connectivity index (χ1n) is 7.23. The van der Waals surface area contributed by atoms with Gasteiger partial charge in [-0.1, -0.05) is 11.6 Å². The molecule has 0 saturated carbocycles. The van der Waals surface area contributed by atoms with Crippen LogP contribution in [0.1, 0.15) is 18.5 Å². The van der Waals surface area contributed by atoms with Gasteiger partial charge in [0.2, 0.25) is 5.91 Å². The van der Waals surface area contributed by atoms with E-state index in [1.807, 2.05) is 12.3 Å². The van der Waals surface area contributed by atoms with E-state index in [9.17, 15) is 9.18 Å². The first-order chi connectivity index (χ1) is 10.2. The lowest BCUT2D eigenvalue weighted by molar-refractivity contribution is -0.124. The molecule has 1 saturated heterocycles. The summed E-state index contributed by atoms with van der Waals surface area (Å²) in [5, 5.41) is 2.82. The van der Waals surface area contributed by atoms with E-state index in [2.05, 4.69) is 19.8 Å². The number of imidazole rings is 1. The van der Waals surface area contributed by atoms with Crippen LogP contribution in [0.15, 0.2) is 36.1 Å². The fourth-order valence-corrected chi connectivity index (χ4v) is 2.68. The van der Waals surface area contributed by atoms with Crippen molar-refractivity contribution >= 4 is 5.91 Å². The van der Waals surface area contributed by atoms with Gasteiger partial charge in [-0.25, -0.2) is 9.37 Å². The molecule has 1 aliphatic heterocycles. The molecule has 0 aromatic carbocycles. The van der Waals surface area contributed by atoms with Crippen LogP contribution in [0.5, 0.6) is 0 Å². The monoisotopic (exact) mass is 290 g/mol. The van der Waals surface area contributed by atoms with Gasteiger partial charge in [-0.3, -0.25) is 9.69 Å². The van der Waals surface area contributed by atoms with Crippen LogP contribution in [0.25, 0.3) is 0 Å². The van der Waals surface area contributed by atoms with Gasteiger partial charge in [0.05, 0.1) is 18.6 Å². The molecule has 0 bridgehead atoms. The number of carbonyl (C=O) groups is 1. The Bertz CT molecular complexity index is 590. The summed E-state index contributed by atoms with van der Waals surface area (Å²) in [5.41, 5.74) is 2.28. The zero-order valence-electron chi connectivity index (χ0n) is 11.9. The van der Waals surface area contributed by atoms with Crippen LogP contribution in [0.2, 0.25) is 0 Å². The number of aromatic nitrogens is 2. The van der Waals surface area contributed by atoms with Crippen molar-refractivity contribution in [1.29, 1.82) is 0 Å². The topological polar surface area (TPSA) is 50.2 Å². The molecule has 1 fully saturated rings. The number of hydrogen-bond donors (Lipinski definition) is 1. The van der Waals surface area contributed by atoms with Crippen molar-refractivity contribution in [3.8, 4) is 0 Å². The average Bonchev–Trinajstić information content (AvgIpc) is 2.89. The van der Waals surface area contributed by atoms with Crippen molar-refractivity contribution in [2.24, 2.45) is 0 Å². The fraction of sp³-hybridized carbons (Fsp3) is 0.467. The highest BCUT2D eigenvalue weighted by atomic mass is 19.1. The minimum atomic E-state index is -0.0519. The quantitative estimate of drug-likeness (QED) is 0.911. The summed E-state index contributed by atoms with van der Waals surface area (Å²) in [6.45, 7) is 3.43. The van der Waals surface area contributed by atoms with Gasteiger partial charge < -0.3 is 9.88 Å². The van der Waals surface area contributed by atoms with Crippen molar-refractivity contribution in [2.75, 3.05) is 19.6 Å². The Morgan fingerprint density at radius 1 is 1.29 bits per heavy atom. The second-order valence-electron chi connectivity index (χ2n) is 5.51. The van der Waals surface area contributed by atoms with E-state index in [1.165, 1.54) is 5.57 Å². The highest BCUT2D eigenvalue weighted by molar-refractivity contribution is 5.78. The summed E-state index contributed by atoms with van der Waals surface area (Å²) in [6, 6.07) is 0. The van der Waals surface area contributed by atoms with Crippen LogP contribution in [0.3, 0.4) is 0 Å². The molecule has 0 spiro atoms. The molecular formula is C15H19FN4O. The number of rotatable bonds is 4. The number of amides is 1. The summed E-state index contributed by atoms with van der Waals surface area (Å²) in [7, 11) is 0. The summed E-state index contributed by atoms with van der Waals surface area (Å²) < 4.78 is 15.1. The first-order valence-corrected chi connectivity index (χ1v) is 7.23. The van der Waals surface area contributed by atoms with Crippen molar-refractivity contribution in [1.82, 2.24) is 19.8 Å². The van der Waals surface area contributed by atoms with E-state index in [4.69, 9.17) is 0 Å². The van der Waals surface area contributed by atoms with Crippen LogP contribution in [0.4, 0.5) is 4.39 Å². The number of halogens is 1. The minimum absolute atomic E-state index is 0.0519. The van der Waals surface area contributed by atoms with Crippen molar-refractivity contribution in [2.45, 2.75) is 25.9 Å². The van der Waals surface area contributed by atoms with Crippen molar-refractivity contribution in [3.63, 3.8) is 0 Å². The molecule has 0 radical (unpaired) electrons. The van der Waals surface area contributed by atoms with Crippen LogP contribution < -0.4 is 5.32 Å². The molecule has 2 aliphatic rings. The molecule has 1 aromatic rings. The van der Waals surface area contributed by atoms with Gasteiger partial charge in [0, 0.05) is 38.8 Å². The number of allylic oxidation sites excluding steroid dienone is 4. The third-order valence-corrected chi connectivity index (χ3v) is 3.86. The summed E-state index contributed by atoms with van der Waals surface area (Å²) in [6.07, 6.45) is 8.29. The van der Waals surface area contributed by atoms with Crippen LogP contribution >= 0.6 is 0 Å². The van der Waals surface area contributed by atoms with E-state index in [-0.39, 0.29) is 11.7 Å². The van der Waals surface area contributed by atoms with Crippen LogP contribution in [-0.4, -0.2) is 40.0 Å². The van der Waals surface area contributed by atoms with Gasteiger partial charge >= 0.3 is 0 Å². The van der Waals surface area contributed by atoms with E-state index in [0.29, 0.717) is 26.1 Å². The predicted octanol–water partition coefficient (Wildman–Crippen LogP) is 1.39. The maximum Gasteiger partial charge on any atom is 0.234 e. The third-order valence-electron chi connectivity index (χ3n) is 3.86. The molecule has 3 rings (SSSR count). The Morgan fingerprint density at radius 3 is 2.95 bits per heavy atom. The highest BCUT2D eigenvalue weighted by Gasteiger charge is 2.18. The van der Waals surface area contributed by atoms with Crippen LogP contribution in [-0.2, 0) is 17.9 Å². The van der Waals surface area contributed by atoms with E-state index in [1.54, 1.807) is 12.4 Å². The van der Waals surface area contributed by atoms with E-state index < -0.39 is 0 Å². The van der Waals surface area contributed by atoms with Crippen LogP contribution in [0, 0.1) is 0 Å². The number of nitrogens with zero attached hydrogens (tertiary/aromatic N) is 3. The van der Waals surface area contributed by atoms with Crippen molar-refractivity contribution < 1.29 is 9.18 Å². The molecule has 1 aromatic heterocycles. The summed E-state index contributed by atoms with van der Waals surface area (Å²) >= 11 is 0. The molecule has 0 atom stereocenters. The van der Waals surface area contributed by atoms with E-state index in [0.717, 1.165) is 25.2 Å². The third kappa shape index (κ3) is 3.58. The molecule has 112 valence electrons. The lowest BCUT2D eigenvalue weighted by Gasteiger charge is -2.26. The normalized spacial score (nSPS) is 20.0. The second-order valence-corrected chi connectivity index (χ2v) is 5.51. The Labute approximate surface area is 123 Å². The van der Waals surface area contributed by atoms with Gasteiger partial charge in [-0.2, -0.15) is 0 Å². The molecule has 5 nitrogen and oxygen atoms in total. The largest absolute Gasteiger partial charge is 0.354 e. The number of piperazine rings is 1. The molecule has 21 heavy (non-hydrogen) atoms. The van der Waals surface area contributed by atoms with Gasteiger partial charge in [-0.15, -0.1) is 0 Å². The minimum Gasteiger partial charge on any atom is -0.354 e. The first kappa shape index (κ1) is 14.0. The number of carbonyl (C=O) groups excluding carboxylic acids is 1.